The van der Waals surface area contributed by atoms with Crippen LogP contribution in [0.4, 0.5) is 11.5 Å². The summed E-state index contributed by atoms with van der Waals surface area (Å²) in [6, 6.07) is 16.9. The number of benzene rings is 2. The molecule has 2 atom stereocenters. The van der Waals surface area contributed by atoms with Crippen LogP contribution in [-0.4, -0.2) is 31.6 Å². The van der Waals surface area contributed by atoms with Crippen molar-refractivity contribution >= 4 is 34.6 Å². The van der Waals surface area contributed by atoms with E-state index in [1.807, 2.05) is 17.5 Å². The van der Waals surface area contributed by atoms with Gasteiger partial charge in [0.2, 0.25) is 0 Å². The number of aromatic nitrogens is 2. The molecular formula is C28H22N4O5S. The molecule has 6 rings (SSSR count). The molecule has 0 unspecified atom stereocenters. The average Bonchev–Trinajstić information content (AvgIpc) is 3.56. The number of thiophene rings is 1. The van der Waals surface area contributed by atoms with E-state index in [9.17, 15) is 24.8 Å². The summed E-state index contributed by atoms with van der Waals surface area (Å²) in [7, 11) is 0. The van der Waals surface area contributed by atoms with Crippen molar-refractivity contribution in [1.82, 2.24) is 9.78 Å². The van der Waals surface area contributed by atoms with Crippen LogP contribution in [-0.2, 0) is 4.79 Å². The summed E-state index contributed by atoms with van der Waals surface area (Å²) in [5.41, 5.74) is 3.64. The van der Waals surface area contributed by atoms with Crippen molar-refractivity contribution in [3.8, 4) is 5.69 Å². The number of fused-ring (bicyclic) bond motifs is 1. The van der Waals surface area contributed by atoms with Gasteiger partial charge < -0.3 is 10.4 Å². The summed E-state index contributed by atoms with van der Waals surface area (Å²) < 4.78 is 1.57. The fourth-order valence-electron chi connectivity index (χ4n) is 5.57. The Labute approximate surface area is 221 Å². The molecule has 0 spiro atoms. The number of carboxylic acids is 1. The van der Waals surface area contributed by atoms with Gasteiger partial charge in [-0.15, -0.1) is 11.3 Å². The van der Waals surface area contributed by atoms with Crippen molar-refractivity contribution in [3.05, 3.63) is 115 Å². The van der Waals surface area contributed by atoms with Crippen molar-refractivity contribution in [3.63, 3.8) is 0 Å². The molecule has 10 heteroatoms. The maximum absolute atomic E-state index is 13.7. The molecule has 0 bridgehead atoms. The third-order valence-electron chi connectivity index (χ3n) is 7.18. The zero-order chi connectivity index (χ0) is 26.6. The minimum absolute atomic E-state index is 0.00448. The van der Waals surface area contributed by atoms with E-state index in [0.29, 0.717) is 46.7 Å². The number of nitro groups is 1. The molecule has 2 aliphatic rings. The quantitative estimate of drug-likeness (QED) is 0.248. The van der Waals surface area contributed by atoms with Gasteiger partial charge in [-0.2, -0.15) is 5.10 Å². The van der Waals surface area contributed by atoms with E-state index in [2.05, 4.69) is 5.32 Å². The van der Waals surface area contributed by atoms with Gasteiger partial charge in [-0.25, -0.2) is 9.48 Å². The van der Waals surface area contributed by atoms with Crippen molar-refractivity contribution in [2.45, 2.75) is 31.6 Å². The second-order valence-electron chi connectivity index (χ2n) is 9.43. The Morgan fingerprint density at radius 3 is 2.71 bits per heavy atom. The summed E-state index contributed by atoms with van der Waals surface area (Å²) in [4.78, 5) is 38.0. The van der Waals surface area contributed by atoms with E-state index in [1.165, 1.54) is 18.2 Å². The number of carboxylic acid groups (broad SMARTS) is 1. The van der Waals surface area contributed by atoms with Gasteiger partial charge in [-0.1, -0.05) is 30.3 Å². The summed E-state index contributed by atoms with van der Waals surface area (Å²) >= 11 is 1.61. The predicted molar refractivity (Wildman–Crippen MR) is 142 cm³/mol. The number of nitrogens with one attached hydrogen (secondary N) is 1. The number of nitro benzene ring substituents is 1. The highest BCUT2D eigenvalue weighted by Gasteiger charge is 2.42. The van der Waals surface area contributed by atoms with Crippen LogP contribution in [0.1, 0.15) is 56.7 Å². The van der Waals surface area contributed by atoms with Gasteiger partial charge in [0.05, 0.1) is 21.9 Å². The van der Waals surface area contributed by atoms with E-state index >= 15 is 0 Å². The topological polar surface area (TPSA) is 127 Å². The molecule has 1 aliphatic heterocycles. The minimum atomic E-state index is -1.08. The number of rotatable bonds is 5. The van der Waals surface area contributed by atoms with Crippen molar-refractivity contribution in [1.29, 1.82) is 0 Å². The maximum atomic E-state index is 13.7. The number of para-hydroxylation sites is 1. The fraction of sp³-hybridized carbons (Fsp3) is 0.179. The molecule has 0 saturated carbocycles. The third kappa shape index (κ3) is 3.81. The van der Waals surface area contributed by atoms with Gasteiger partial charge in [0.1, 0.15) is 5.82 Å². The Morgan fingerprint density at radius 2 is 1.97 bits per heavy atom. The highest BCUT2D eigenvalue weighted by molar-refractivity contribution is 7.10. The summed E-state index contributed by atoms with van der Waals surface area (Å²) in [6.45, 7) is 1.80. The Bertz CT molecular complexity index is 1650. The average molecular weight is 527 g/mol. The summed E-state index contributed by atoms with van der Waals surface area (Å²) in [6.07, 6.45) is 0.925. The molecule has 2 aromatic heterocycles. The molecule has 38 heavy (non-hydrogen) atoms. The number of aromatic carboxylic acids is 1. The largest absolute Gasteiger partial charge is 0.478 e. The van der Waals surface area contributed by atoms with Gasteiger partial charge in [-0.3, -0.25) is 14.9 Å². The SMILES string of the molecule is Cc1nn(-c2ccccc2C(=O)O)c2c1[C@@H](c1cccc([N+](=O)[O-])c1)C1=C(C[C@@H](c3cccs3)CC1=O)N2. The van der Waals surface area contributed by atoms with E-state index in [4.69, 9.17) is 5.10 Å². The first-order chi connectivity index (χ1) is 18.3. The number of nitrogens with zero attached hydrogens (tertiary/aromatic N) is 3. The van der Waals surface area contributed by atoms with Gasteiger partial charge >= 0.3 is 5.97 Å². The number of allylic oxidation sites excluding steroid dienone is 2. The number of anilines is 1. The van der Waals surface area contributed by atoms with E-state index in [1.54, 1.807) is 53.3 Å². The van der Waals surface area contributed by atoms with Crippen LogP contribution in [0, 0.1) is 17.0 Å². The van der Waals surface area contributed by atoms with Crippen LogP contribution in [0.5, 0.6) is 0 Å². The Balaban J connectivity index is 1.58. The van der Waals surface area contributed by atoms with Crippen molar-refractivity contribution in [2.24, 2.45) is 0 Å². The fourth-order valence-corrected chi connectivity index (χ4v) is 6.40. The molecule has 0 radical (unpaired) electrons. The molecular weight excluding hydrogens is 504 g/mol. The predicted octanol–water partition coefficient (Wildman–Crippen LogP) is 5.81. The van der Waals surface area contributed by atoms with Crippen molar-refractivity contribution in [2.75, 3.05) is 5.32 Å². The molecule has 4 aromatic rings. The lowest BCUT2D eigenvalue weighted by molar-refractivity contribution is -0.384. The standard InChI is InChI=1S/C28H22N4O5S/c1-15-24-25(16-6-4-7-18(12-16)32(36)37)26-20(13-17(14-22(26)33)23-10-5-11-38-23)29-27(24)31(30-15)21-9-3-2-8-19(21)28(34)35/h2-12,17,25,29H,13-14H2,1H3,(H,34,35)/t17-,25-/m1/s1. The summed E-state index contributed by atoms with van der Waals surface area (Å²) in [5.74, 6) is -1.11. The van der Waals surface area contributed by atoms with Crippen LogP contribution in [0.3, 0.4) is 0 Å². The van der Waals surface area contributed by atoms with Gasteiger partial charge in [0.25, 0.3) is 5.69 Å². The molecule has 0 saturated heterocycles. The highest BCUT2D eigenvalue weighted by atomic mass is 32.1. The zero-order valence-corrected chi connectivity index (χ0v) is 21.1. The van der Waals surface area contributed by atoms with E-state index in [0.717, 1.165) is 10.6 Å². The third-order valence-corrected chi connectivity index (χ3v) is 8.22. The van der Waals surface area contributed by atoms with E-state index in [-0.39, 0.29) is 23.0 Å². The number of carbonyl (C=O) groups excluding carboxylic acids is 1. The Kier molecular flexibility index (Phi) is 5.68. The van der Waals surface area contributed by atoms with Crippen LogP contribution >= 0.6 is 11.3 Å². The first kappa shape index (κ1) is 23.8. The molecule has 9 nitrogen and oxygen atoms in total. The normalized spacial score (nSPS) is 18.5. The molecule has 2 N–H and O–H groups in total. The molecule has 0 amide bonds. The number of Topliss-reactive ketones (excluding diaryl/α,β-unsaturated/α-hetero) is 1. The molecule has 190 valence electrons. The zero-order valence-electron chi connectivity index (χ0n) is 20.2. The second kappa shape index (κ2) is 9.07. The van der Waals surface area contributed by atoms with Crippen molar-refractivity contribution < 1.29 is 19.6 Å². The lowest BCUT2D eigenvalue weighted by atomic mass is 9.73. The second-order valence-corrected chi connectivity index (χ2v) is 10.4. The van der Waals surface area contributed by atoms with Crippen LogP contribution < -0.4 is 5.32 Å². The number of hydrogen-bond donors (Lipinski definition) is 2. The number of ketones is 1. The smallest absolute Gasteiger partial charge is 0.337 e. The van der Waals surface area contributed by atoms with Crippen LogP contribution in [0.15, 0.2) is 77.3 Å². The van der Waals surface area contributed by atoms with Crippen LogP contribution in [0.25, 0.3) is 5.69 Å². The number of aryl methyl sites for hydroxylation is 1. The first-order valence-electron chi connectivity index (χ1n) is 12.1. The minimum Gasteiger partial charge on any atom is -0.478 e. The van der Waals surface area contributed by atoms with Gasteiger partial charge in [0.15, 0.2) is 5.78 Å². The monoisotopic (exact) mass is 526 g/mol. The molecule has 2 aromatic carbocycles. The van der Waals surface area contributed by atoms with Gasteiger partial charge in [0, 0.05) is 52.1 Å². The van der Waals surface area contributed by atoms with E-state index < -0.39 is 16.8 Å². The number of hydrogen-bond acceptors (Lipinski definition) is 7. The van der Waals surface area contributed by atoms with Gasteiger partial charge in [-0.05, 0) is 42.5 Å². The molecule has 0 fully saturated rings. The summed E-state index contributed by atoms with van der Waals surface area (Å²) in [5, 5.41) is 31.6. The Hall–Kier alpha value is -4.57. The number of carbonyl (C=O) groups is 2. The van der Waals surface area contributed by atoms with Crippen LogP contribution in [0.2, 0.25) is 0 Å². The lowest BCUT2D eigenvalue weighted by Gasteiger charge is -2.35. The number of non-ortho nitro benzene ring substituents is 1. The lowest BCUT2D eigenvalue weighted by Crippen LogP contribution is -2.30. The Morgan fingerprint density at radius 1 is 1.16 bits per heavy atom. The molecule has 3 heterocycles. The first-order valence-corrected chi connectivity index (χ1v) is 12.9. The molecule has 1 aliphatic carbocycles. The highest BCUT2D eigenvalue weighted by Crippen LogP contribution is 2.50. The maximum Gasteiger partial charge on any atom is 0.337 e.